The maximum absolute atomic E-state index is 12.7. The summed E-state index contributed by atoms with van der Waals surface area (Å²) in [6.07, 6.45) is 0.563. The molecule has 2 unspecified atom stereocenters. The third kappa shape index (κ3) is 4.16. The van der Waals surface area contributed by atoms with Gasteiger partial charge in [0.1, 0.15) is 0 Å². The summed E-state index contributed by atoms with van der Waals surface area (Å²) in [5, 5.41) is 9.28. The van der Waals surface area contributed by atoms with Gasteiger partial charge in [0.15, 0.2) is 0 Å². The normalized spacial score (nSPS) is 23.0. The molecule has 144 valence electrons. The maximum atomic E-state index is 12.7. The first-order chi connectivity index (χ1) is 12.9. The number of imide groups is 1. The molecule has 1 aromatic carbocycles. The van der Waals surface area contributed by atoms with E-state index >= 15 is 0 Å². The van der Waals surface area contributed by atoms with Gasteiger partial charge in [-0.3, -0.25) is 24.1 Å². The fourth-order valence-corrected chi connectivity index (χ4v) is 3.49. The summed E-state index contributed by atoms with van der Waals surface area (Å²) in [5.41, 5.74) is 1.19. The number of methoxy groups -OCH3 is 1. The molecule has 3 amide bonds. The highest BCUT2D eigenvalue weighted by Crippen LogP contribution is 2.22. The van der Waals surface area contributed by atoms with Gasteiger partial charge in [-0.05, 0) is 24.1 Å². The van der Waals surface area contributed by atoms with E-state index in [1.807, 2.05) is 0 Å². The van der Waals surface area contributed by atoms with E-state index in [0.29, 0.717) is 18.5 Å². The van der Waals surface area contributed by atoms with Gasteiger partial charge in [-0.2, -0.15) is 0 Å². The average molecular weight is 374 g/mol. The van der Waals surface area contributed by atoms with Crippen LogP contribution < -0.4 is 0 Å². The molecule has 2 aliphatic rings. The number of aliphatic carboxylic acids is 1. The van der Waals surface area contributed by atoms with E-state index in [-0.39, 0.29) is 49.8 Å². The highest BCUT2D eigenvalue weighted by molar-refractivity contribution is 6.01. The van der Waals surface area contributed by atoms with Crippen LogP contribution >= 0.6 is 0 Å². The summed E-state index contributed by atoms with van der Waals surface area (Å²) >= 11 is 0. The minimum Gasteiger partial charge on any atom is -0.481 e. The zero-order valence-electron chi connectivity index (χ0n) is 15.1. The molecule has 2 heterocycles. The predicted octanol–water partition coefficient (Wildman–Crippen LogP) is 0.897. The number of likely N-dealkylation sites (tertiary alicyclic amines) is 2. The second-order valence-electron chi connectivity index (χ2n) is 6.91. The van der Waals surface area contributed by atoms with Crippen LogP contribution in [-0.4, -0.2) is 64.9 Å². The van der Waals surface area contributed by atoms with Crippen LogP contribution in [0.5, 0.6) is 0 Å². The molecule has 0 spiro atoms. The Kier molecular flexibility index (Phi) is 5.55. The van der Waals surface area contributed by atoms with Gasteiger partial charge in [0.2, 0.25) is 11.8 Å². The highest BCUT2D eigenvalue weighted by atomic mass is 16.5. The highest BCUT2D eigenvalue weighted by Gasteiger charge is 2.34. The summed E-state index contributed by atoms with van der Waals surface area (Å²) < 4.78 is 5.27. The molecule has 27 heavy (non-hydrogen) atoms. The van der Waals surface area contributed by atoms with E-state index in [1.165, 1.54) is 16.9 Å². The molecule has 0 saturated carbocycles. The Bertz CT molecular complexity index is 744. The number of carbonyl (C=O) groups is 4. The number of carboxylic acids is 1. The summed E-state index contributed by atoms with van der Waals surface area (Å²) in [7, 11) is 1.51. The van der Waals surface area contributed by atoms with Crippen molar-refractivity contribution in [3.05, 3.63) is 35.4 Å². The Balaban J connectivity index is 1.68. The number of benzene rings is 1. The van der Waals surface area contributed by atoms with E-state index in [1.54, 1.807) is 24.3 Å². The van der Waals surface area contributed by atoms with Crippen molar-refractivity contribution < 1.29 is 29.0 Å². The number of hydrogen-bond donors (Lipinski definition) is 1. The lowest BCUT2D eigenvalue weighted by molar-refractivity contribution is -0.145. The molecule has 0 aliphatic carbocycles. The zero-order valence-corrected chi connectivity index (χ0v) is 15.1. The summed E-state index contributed by atoms with van der Waals surface area (Å²) in [4.78, 5) is 50.2. The smallest absolute Gasteiger partial charge is 0.308 e. The number of rotatable bonds is 5. The number of carbonyl (C=O) groups excluding carboxylic acids is 3. The maximum Gasteiger partial charge on any atom is 0.308 e. The molecule has 2 saturated heterocycles. The van der Waals surface area contributed by atoms with Gasteiger partial charge in [-0.25, -0.2) is 0 Å². The topological polar surface area (TPSA) is 104 Å². The van der Waals surface area contributed by atoms with Crippen molar-refractivity contribution in [3.63, 3.8) is 0 Å². The first-order valence-electron chi connectivity index (χ1n) is 8.86. The lowest BCUT2D eigenvalue weighted by Gasteiger charge is -2.35. The van der Waals surface area contributed by atoms with Gasteiger partial charge in [0.05, 0.1) is 18.6 Å². The Morgan fingerprint density at radius 3 is 2.30 bits per heavy atom. The summed E-state index contributed by atoms with van der Waals surface area (Å²) in [5.74, 6) is -2.22. The molecule has 8 nitrogen and oxygen atoms in total. The van der Waals surface area contributed by atoms with Crippen LogP contribution in [0.4, 0.5) is 0 Å². The van der Waals surface area contributed by atoms with Crippen LogP contribution in [0, 0.1) is 5.92 Å². The van der Waals surface area contributed by atoms with Crippen LogP contribution in [0.25, 0.3) is 0 Å². The predicted molar refractivity (Wildman–Crippen MR) is 93.7 cm³/mol. The summed E-state index contributed by atoms with van der Waals surface area (Å²) in [6, 6.07) is 6.68. The van der Waals surface area contributed by atoms with Crippen LogP contribution in [-0.2, 0) is 25.7 Å². The van der Waals surface area contributed by atoms with Gasteiger partial charge in [0.25, 0.3) is 5.91 Å². The van der Waals surface area contributed by atoms with Gasteiger partial charge < -0.3 is 14.7 Å². The van der Waals surface area contributed by atoms with E-state index in [4.69, 9.17) is 4.74 Å². The van der Waals surface area contributed by atoms with Crippen molar-refractivity contribution in [2.75, 3.05) is 20.2 Å². The van der Waals surface area contributed by atoms with Crippen molar-refractivity contribution in [2.45, 2.75) is 31.9 Å². The first-order valence-corrected chi connectivity index (χ1v) is 8.86. The van der Waals surface area contributed by atoms with Crippen LogP contribution in [0.1, 0.15) is 35.2 Å². The molecule has 1 N–H and O–H groups in total. The molecular formula is C19H22N2O6. The molecule has 2 fully saturated rings. The monoisotopic (exact) mass is 374 g/mol. The van der Waals surface area contributed by atoms with Crippen LogP contribution in [0.15, 0.2) is 24.3 Å². The molecule has 1 aromatic rings. The van der Waals surface area contributed by atoms with Crippen molar-refractivity contribution in [1.29, 1.82) is 0 Å². The van der Waals surface area contributed by atoms with Crippen molar-refractivity contribution in [2.24, 2.45) is 5.92 Å². The third-order valence-electron chi connectivity index (χ3n) is 5.08. The Morgan fingerprint density at radius 1 is 1.11 bits per heavy atom. The van der Waals surface area contributed by atoms with E-state index in [2.05, 4.69) is 0 Å². The third-order valence-corrected chi connectivity index (χ3v) is 5.08. The molecule has 8 heteroatoms. The molecule has 2 aliphatic heterocycles. The van der Waals surface area contributed by atoms with Crippen LogP contribution in [0.3, 0.4) is 0 Å². The lowest BCUT2D eigenvalue weighted by atomic mass is 9.95. The largest absolute Gasteiger partial charge is 0.481 e. The fraction of sp³-hybridized carbons (Fsp3) is 0.474. The zero-order chi connectivity index (χ0) is 19.6. The number of ether oxygens (including phenoxy) is 1. The quantitative estimate of drug-likeness (QED) is 0.768. The Morgan fingerprint density at radius 2 is 1.74 bits per heavy atom. The lowest BCUT2D eigenvalue weighted by Crippen LogP contribution is -2.48. The SMILES string of the molecule is COC1CC(C(=O)O)CN(C(=O)c2ccc(CN3C(=O)CCC3=O)cc2)C1. The minimum absolute atomic E-state index is 0.145. The van der Waals surface area contributed by atoms with E-state index < -0.39 is 11.9 Å². The van der Waals surface area contributed by atoms with Gasteiger partial charge in [0, 0.05) is 38.6 Å². The molecule has 0 aromatic heterocycles. The van der Waals surface area contributed by atoms with Crippen LogP contribution in [0.2, 0.25) is 0 Å². The Labute approximate surface area is 156 Å². The minimum atomic E-state index is -0.940. The standard InChI is InChI=1S/C19H22N2O6/c1-27-15-8-14(19(25)26)10-20(11-15)18(24)13-4-2-12(3-5-13)9-21-16(22)6-7-17(21)23/h2-5,14-15H,6-11H2,1H3,(H,25,26). The molecule has 0 bridgehead atoms. The average Bonchev–Trinajstić information content (AvgIpc) is 2.99. The number of amides is 3. The second kappa shape index (κ2) is 7.87. The van der Waals surface area contributed by atoms with Crippen molar-refractivity contribution >= 4 is 23.7 Å². The molecule has 2 atom stereocenters. The molecular weight excluding hydrogens is 352 g/mol. The Hall–Kier alpha value is -2.74. The van der Waals surface area contributed by atoms with E-state index in [0.717, 1.165) is 5.56 Å². The molecule has 3 rings (SSSR count). The second-order valence-corrected chi connectivity index (χ2v) is 6.91. The fourth-order valence-electron chi connectivity index (χ4n) is 3.49. The van der Waals surface area contributed by atoms with Gasteiger partial charge >= 0.3 is 5.97 Å². The first kappa shape index (κ1) is 19.0. The van der Waals surface area contributed by atoms with Gasteiger partial charge in [-0.15, -0.1) is 0 Å². The number of hydrogen-bond acceptors (Lipinski definition) is 5. The molecule has 0 radical (unpaired) electrons. The van der Waals surface area contributed by atoms with E-state index in [9.17, 15) is 24.3 Å². The summed E-state index contributed by atoms with van der Waals surface area (Å²) in [6.45, 7) is 0.687. The van der Waals surface area contributed by atoms with Gasteiger partial charge in [-0.1, -0.05) is 12.1 Å². The number of carboxylic acid groups (broad SMARTS) is 1. The van der Waals surface area contributed by atoms with Crippen molar-refractivity contribution in [1.82, 2.24) is 9.80 Å². The number of piperidine rings is 1. The van der Waals surface area contributed by atoms with Crippen molar-refractivity contribution in [3.8, 4) is 0 Å². The number of nitrogens with zero attached hydrogens (tertiary/aromatic N) is 2.